The molecule has 0 unspecified atom stereocenters. The SMILES string of the molecule is COc1ccc(O)c(NC(=O)c2c(C)noc2-c2ccccc2)c1. The first-order chi connectivity index (χ1) is 11.6. The molecule has 122 valence electrons. The Hall–Kier alpha value is -3.28. The van der Waals surface area contributed by atoms with Crippen molar-refractivity contribution in [1.82, 2.24) is 5.16 Å². The van der Waals surface area contributed by atoms with Gasteiger partial charge in [-0.2, -0.15) is 0 Å². The van der Waals surface area contributed by atoms with Gasteiger partial charge in [0.05, 0.1) is 18.5 Å². The van der Waals surface area contributed by atoms with Gasteiger partial charge in [0.15, 0.2) is 5.76 Å². The van der Waals surface area contributed by atoms with Crippen LogP contribution in [0.4, 0.5) is 5.69 Å². The average molecular weight is 324 g/mol. The molecule has 0 saturated heterocycles. The number of amides is 1. The zero-order valence-electron chi connectivity index (χ0n) is 13.2. The average Bonchev–Trinajstić information content (AvgIpc) is 2.99. The van der Waals surface area contributed by atoms with Crippen molar-refractivity contribution in [1.29, 1.82) is 0 Å². The summed E-state index contributed by atoms with van der Waals surface area (Å²) in [5.41, 5.74) is 1.79. The normalized spacial score (nSPS) is 10.4. The predicted molar refractivity (Wildman–Crippen MR) is 89.3 cm³/mol. The van der Waals surface area contributed by atoms with Gasteiger partial charge in [-0.25, -0.2) is 0 Å². The van der Waals surface area contributed by atoms with Crippen molar-refractivity contribution in [3.05, 3.63) is 59.8 Å². The highest BCUT2D eigenvalue weighted by atomic mass is 16.5. The largest absolute Gasteiger partial charge is 0.506 e. The van der Waals surface area contributed by atoms with Crippen molar-refractivity contribution < 1.29 is 19.2 Å². The molecule has 2 N–H and O–H groups in total. The van der Waals surface area contributed by atoms with Gasteiger partial charge in [-0.15, -0.1) is 0 Å². The number of phenolic OH excluding ortho intramolecular Hbond substituents is 1. The summed E-state index contributed by atoms with van der Waals surface area (Å²) in [6.45, 7) is 1.69. The fraction of sp³-hybridized carbons (Fsp3) is 0.111. The first-order valence-corrected chi connectivity index (χ1v) is 7.30. The Morgan fingerprint density at radius 2 is 1.96 bits per heavy atom. The summed E-state index contributed by atoms with van der Waals surface area (Å²) in [6, 6.07) is 13.8. The van der Waals surface area contributed by atoms with Crippen LogP contribution in [0.2, 0.25) is 0 Å². The van der Waals surface area contributed by atoms with E-state index in [1.807, 2.05) is 30.3 Å². The van der Waals surface area contributed by atoms with Crippen LogP contribution < -0.4 is 10.1 Å². The predicted octanol–water partition coefficient (Wildman–Crippen LogP) is 3.62. The maximum atomic E-state index is 12.7. The third-order valence-electron chi connectivity index (χ3n) is 3.58. The van der Waals surface area contributed by atoms with Crippen LogP contribution in [0.15, 0.2) is 53.1 Å². The molecule has 1 aromatic heterocycles. The van der Waals surface area contributed by atoms with Crippen LogP contribution in [0.25, 0.3) is 11.3 Å². The fourth-order valence-electron chi connectivity index (χ4n) is 2.35. The quantitative estimate of drug-likeness (QED) is 0.716. The minimum absolute atomic E-state index is 0.0560. The highest BCUT2D eigenvalue weighted by Crippen LogP contribution is 2.31. The number of carbonyl (C=O) groups excluding carboxylic acids is 1. The minimum atomic E-state index is -0.420. The van der Waals surface area contributed by atoms with Crippen LogP contribution >= 0.6 is 0 Å². The molecule has 6 nitrogen and oxygen atoms in total. The van der Waals surface area contributed by atoms with Gasteiger partial charge in [0.1, 0.15) is 17.1 Å². The molecule has 3 rings (SSSR count). The van der Waals surface area contributed by atoms with E-state index >= 15 is 0 Å². The molecule has 6 heteroatoms. The number of hydrogen-bond acceptors (Lipinski definition) is 5. The molecule has 3 aromatic rings. The molecular weight excluding hydrogens is 308 g/mol. The number of rotatable bonds is 4. The number of benzene rings is 2. The number of nitrogens with zero attached hydrogens (tertiary/aromatic N) is 1. The van der Waals surface area contributed by atoms with Gasteiger partial charge in [0.25, 0.3) is 5.91 Å². The topological polar surface area (TPSA) is 84.6 Å². The molecule has 0 radical (unpaired) electrons. The number of methoxy groups -OCH3 is 1. The third-order valence-corrected chi connectivity index (χ3v) is 3.58. The van der Waals surface area contributed by atoms with Gasteiger partial charge in [0, 0.05) is 11.6 Å². The number of anilines is 1. The van der Waals surface area contributed by atoms with Crippen molar-refractivity contribution in [2.24, 2.45) is 0 Å². The molecule has 0 aliphatic rings. The zero-order chi connectivity index (χ0) is 17.1. The van der Waals surface area contributed by atoms with Crippen LogP contribution in [-0.2, 0) is 0 Å². The maximum absolute atomic E-state index is 12.7. The number of aromatic nitrogens is 1. The summed E-state index contributed by atoms with van der Waals surface area (Å²) in [6.07, 6.45) is 0. The lowest BCUT2D eigenvalue weighted by Crippen LogP contribution is -2.13. The van der Waals surface area contributed by atoms with E-state index in [9.17, 15) is 9.90 Å². The first kappa shape index (κ1) is 15.6. The molecule has 0 saturated carbocycles. The molecule has 0 bridgehead atoms. The summed E-state index contributed by atoms with van der Waals surface area (Å²) in [7, 11) is 1.51. The number of hydrogen-bond donors (Lipinski definition) is 2. The van der Waals surface area contributed by atoms with E-state index in [0.717, 1.165) is 5.56 Å². The minimum Gasteiger partial charge on any atom is -0.506 e. The Bertz CT molecular complexity index is 872. The summed E-state index contributed by atoms with van der Waals surface area (Å²) >= 11 is 0. The van der Waals surface area contributed by atoms with Crippen molar-refractivity contribution in [2.75, 3.05) is 12.4 Å². The second-order valence-corrected chi connectivity index (χ2v) is 5.18. The Morgan fingerprint density at radius 1 is 1.21 bits per heavy atom. The first-order valence-electron chi connectivity index (χ1n) is 7.30. The Labute approximate surface area is 138 Å². The fourth-order valence-corrected chi connectivity index (χ4v) is 2.35. The molecule has 0 spiro atoms. The second kappa shape index (κ2) is 6.45. The Balaban J connectivity index is 1.96. The van der Waals surface area contributed by atoms with Crippen LogP contribution in [0.1, 0.15) is 16.1 Å². The molecule has 2 aromatic carbocycles. The van der Waals surface area contributed by atoms with Gasteiger partial charge < -0.3 is 19.7 Å². The molecule has 24 heavy (non-hydrogen) atoms. The standard InChI is InChI=1S/C18H16N2O4/c1-11-16(17(24-20-11)12-6-4-3-5-7-12)18(22)19-14-10-13(23-2)8-9-15(14)21/h3-10,21H,1-2H3,(H,19,22). The van der Waals surface area contributed by atoms with E-state index < -0.39 is 5.91 Å². The number of carbonyl (C=O) groups is 1. The van der Waals surface area contributed by atoms with E-state index in [1.165, 1.54) is 19.2 Å². The van der Waals surface area contributed by atoms with Crippen molar-refractivity contribution >= 4 is 11.6 Å². The number of phenols is 1. The van der Waals surface area contributed by atoms with Crippen molar-refractivity contribution in [2.45, 2.75) is 6.92 Å². The van der Waals surface area contributed by atoms with E-state index in [-0.39, 0.29) is 11.4 Å². The summed E-state index contributed by atoms with van der Waals surface area (Å²) in [5.74, 6) is 0.428. The monoisotopic (exact) mass is 324 g/mol. The van der Waals surface area contributed by atoms with Crippen LogP contribution in [0, 0.1) is 6.92 Å². The lowest BCUT2D eigenvalue weighted by molar-refractivity contribution is 0.102. The van der Waals surface area contributed by atoms with E-state index in [1.54, 1.807) is 13.0 Å². The maximum Gasteiger partial charge on any atom is 0.261 e. The smallest absolute Gasteiger partial charge is 0.261 e. The van der Waals surface area contributed by atoms with Crippen molar-refractivity contribution in [3.63, 3.8) is 0 Å². The highest BCUT2D eigenvalue weighted by molar-refractivity contribution is 6.09. The summed E-state index contributed by atoms with van der Waals surface area (Å²) in [4.78, 5) is 12.7. The summed E-state index contributed by atoms with van der Waals surface area (Å²) in [5, 5.41) is 16.5. The van der Waals surface area contributed by atoms with Crippen LogP contribution in [0.5, 0.6) is 11.5 Å². The van der Waals surface area contributed by atoms with Crippen LogP contribution in [-0.4, -0.2) is 23.3 Å². The van der Waals surface area contributed by atoms with Gasteiger partial charge in [-0.1, -0.05) is 35.5 Å². The zero-order valence-corrected chi connectivity index (χ0v) is 13.2. The number of aryl methyl sites for hydroxylation is 1. The number of aromatic hydroxyl groups is 1. The molecular formula is C18H16N2O4. The number of ether oxygens (including phenoxy) is 1. The molecule has 0 aliphatic carbocycles. The second-order valence-electron chi connectivity index (χ2n) is 5.18. The molecule has 0 aliphatic heterocycles. The molecule has 1 amide bonds. The van der Waals surface area contributed by atoms with Gasteiger partial charge in [-0.3, -0.25) is 4.79 Å². The third kappa shape index (κ3) is 2.94. The van der Waals surface area contributed by atoms with Gasteiger partial charge in [-0.05, 0) is 19.1 Å². The van der Waals surface area contributed by atoms with Gasteiger partial charge in [0.2, 0.25) is 0 Å². The van der Waals surface area contributed by atoms with E-state index in [0.29, 0.717) is 22.8 Å². The molecule has 0 atom stereocenters. The Morgan fingerprint density at radius 3 is 2.67 bits per heavy atom. The lowest BCUT2D eigenvalue weighted by atomic mass is 10.1. The molecule has 1 heterocycles. The number of nitrogens with one attached hydrogen (secondary N) is 1. The lowest BCUT2D eigenvalue weighted by Gasteiger charge is -2.09. The van der Waals surface area contributed by atoms with E-state index in [4.69, 9.17) is 9.26 Å². The van der Waals surface area contributed by atoms with Crippen molar-refractivity contribution in [3.8, 4) is 22.8 Å². The van der Waals surface area contributed by atoms with E-state index in [2.05, 4.69) is 10.5 Å². The van der Waals surface area contributed by atoms with Gasteiger partial charge >= 0.3 is 0 Å². The Kier molecular flexibility index (Phi) is 4.20. The molecule has 0 fully saturated rings. The summed E-state index contributed by atoms with van der Waals surface area (Å²) < 4.78 is 10.4. The van der Waals surface area contributed by atoms with Crippen LogP contribution in [0.3, 0.4) is 0 Å². The highest BCUT2D eigenvalue weighted by Gasteiger charge is 2.22.